The molecule has 1 aliphatic heterocycles. The van der Waals surface area contributed by atoms with Gasteiger partial charge in [0.15, 0.2) is 0 Å². The molecule has 1 aromatic carbocycles. The molecule has 1 saturated heterocycles. The Labute approximate surface area is 152 Å². The summed E-state index contributed by atoms with van der Waals surface area (Å²) >= 11 is 0. The van der Waals surface area contributed by atoms with Crippen LogP contribution in [0, 0.1) is 19.7 Å². The molecule has 2 N–H and O–H groups in total. The fourth-order valence-corrected chi connectivity index (χ4v) is 3.09. The van der Waals surface area contributed by atoms with E-state index in [0.717, 1.165) is 11.3 Å². The lowest BCUT2D eigenvalue weighted by Gasteiger charge is -2.39. The second kappa shape index (κ2) is 6.30. The molecule has 0 unspecified atom stereocenters. The van der Waals surface area contributed by atoms with Gasteiger partial charge in [-0.05, 0) is 57.9 Å². The fourth-order valence-electron chi connectivity index (χ4n) is 3.09. The number of hydrogen-bond donors (Lipinski definition) is 1. The lowest BCUT2D eigenvalue weighted by molar-refractivity contribution is 0.00824. The third kappa shape index (κ3) is 3.38. The Morgan fingerprint density at radius 2 is 1.85 bits per heavy atom. The summed E-state index contributed by atoms with van der Waals surface area (Å²) < 4.78 is 20.8. The van der Waals surface area contributed by atoms with E-state index in [2.05, 4.69) is 5.10 Å². The van der Waals surface area contributed by atoms with Gasteiger partial charge in [0.25, 0.3) is 0 Å². The monoisotopic (exact) mass is 360 g/mol. The van der Waals surface area contributed by atoms with E-state index in [-0.39, 0.29) is 17.8 Å². The Hall–Kier alpha value is -2.57. The second-order valence-electron chi connectivity index (χ2n) is 7.87. The van der Waals surface area contributed by atoms with Crippen LogP contribution in [-0.2, 0) is 4.74 Å². The second-order valence-corrected chi connectivity index (χ2v) is 7.87. The lowest BCUT2D eigenvalue weighted by Crippen LogP contribution is -2.50. The number of aryl methyl sites for hydroxylation is 2. The van der Waals surface area contributed by atoms with E-state index >= 15 is 0 Å². The van der Waals surface area contributed by atoms with E-state index in [0.29, 0.717) is 30.0 Å². The van der Waals surface area contributed by atoms with Crippen molar-refractivity contribution in [2.45, 2.75) is 46.1 Å². The molecule has 1 aromatic heterocycles. The van der Waals surface area contributed by atoms with Gasteiger partial charge in [0, 0.05) is 24.6 Å². The van der Waals surface area contributed by atoms with Gasteiger partial charge in [0.05, 0.1) is 11.9 Å². The molecule has 2 heterocycles. The third-order valence-electron chi connectivity index (χ3n) is 4.48. The third-order valence-corrected chi connectivity index (χ3v) is 4.48. The molecular formula is C19H25FN4O2. The first-order valence-corrected chi connectivity index (χ1v) is 8.65. The first kappa shape index (κ1) is 18.2. The molecule has 3 rings (SSSR count). The molecule has 0 atom stereocenters. The standard InChI is InChI=1S/C19H25FN4O2/c1-11-6-14(7-12(2)16(11)20)24-17(21)15(8-22-24)13-9-23(10-13)18(25)26-19(3,4)5/h6-8,13H,9-10,21H2,1-5H3. The summed E-state index contributed by atoms with van der Waals surface area (Å²) in [6.07, 6.45) is 1.41. The Bertz CT molecular complexity index is 825. The first-order chi connectivity index (χ1) is 12.1. The number of nitrogen functional groups attached to an aromatic ring is 1. The van der Waals surface area contributed by atoms with Gasteiger partial charge in [-0.3, -0.25) is 0 Å². The number of ether oxygens (including phenoxy) is 1. The summed E-state index contributed by atoms with van der Waals surface area (Å²) in [5.74, 6) is 0.426. The van der Waals surface area contributed by atoms with Crippen molar-refractivity contribution in [1.29, 1.82) is 0 Å². The number of likely N-dealkylation sites (tertiary alicyclic amines) is 1. The van der Waals surface area contributed by atoms with Crippen LogP contribution in [0.1, 0.15) is 43.4 Å². The summed E-state index contributed by atoms with van der Waals surface area (Å²) in [5.41, 5.74) is 8.50. The number of rotatable bonds is 2. The Kier molecular flexibility index (Phi) is 4.42. The maximum atomic E-state index is 13.9. The van der Waals surface area contributed by atoms with Crippen molar-refractivity contribution in [1.82, 2.24) is 14.7 Å². The molecule has 26 heavy (non-hydrogen) atoms. The van der Waals surface area contributed by atoms with Gasteiger partial charge in [-0.1, -0.05) is 0 Å². The highest BCUT2D eigenvalue weighted by molar-refractivity contribution is 5.70. The number of carbonyl (C=O) groups is 1. The van der Waals surface area contributed by atoms with Crippen molar-refractivity contribution in [3.05, 3.63) is 40.8 Å². The minimum absolute atomic E-state index is 0.124. The highest BCUT2D eigenvalue weighted by atomic mass is 19.1. The van der Waals surface area contributed by atoms with Crippen LogP contribution < -0.4 is 5.73 Å². The lowest BCUT2D eigenvalue weighted by atomic mass is 9.93. The predicted octanol–water partition coefficient (Wildman–Crippen LogP) is 3.54. The minimum Gasteiger partial charge on any atom is -0.444 e. The van der Waals surface area contributed by atoms with E-state index in [1.807, 2.05) is 20.8 Å². The molecular weight excluding hydrogens is 335 g/mol. The highest BCUT2D eigenvalue weighted by Crippen LogP contribution is 2.33. The Balaban J connectivity index is 1.74. The van der Waals surface area contributed by atoms with Crippen LogP contribution in [0.4, 0.5) is 15.0 Å². The summed E-state index contributed by atoms with van der Waals surface area (Å²) in [6.45, 7) is 10.1. The van der Waals surface area contributed by atoms with E-state index in [1.165, 1.54) is 0 Å². The molecule has 1 aliphatic rings. The van der Waals surface area contributed by atoms with E-state index in [1.54, 1.807) is 41.8 Å². The molecule has 0 radical (unpaired) electrons. The minimum atomic E-state index is -0.510. The zero-order valence-electron chi connectivity index (χ0n) is 15.8. The summed E-state index contributed by atoms with van der Waals surface area (Å²) in [5, 5.41) is 4.36. The highest BCUT2D eigenvalue weighted by Gasteiger charge is 2.36. The molecule has 0 aliphatic carbocycles. The van der Waals surface area contributed by atoms with Gasteiger partial charge in [0.2, 0.25) is 0 Å². The number of benzene rings is 1. The number of hydrogen-bond acceptors (Lipinski definition) is 4. The number of amides is 1. The first-order valence-electron chi connectivity index (χ1n) is 8.65. The summed E-state index contributed by atoms with van der Waals surface area (Å²) in [6, 6.07) is 3.45. The van der Waals surface area contributed by atoms with E-state index < -0.39 is 5.60 Å². The number of aromatic nitrogens is 2. The SMILES string of the molecule is Cc1cc(-n2ncc(C3CN(C(=O)OC(C)(C)C)C3)c2N)cc(C)c1F. The van der Waals surface area contributed by atoms with Crippen molar-refractivity contribution in [3.8, 4) is 5.69 Å². The van der Waals surface area contributed by atoms with Crippen molar-refractivity contribution in [3.63, 3.8) is 0 Å². The average molecular weight is 360 g/mol. The van der Waals surface area contributed by atoms with Crippen LogP contribution in [0.25, 0.3) is 5.69 Å². The quantitative estimate of drug-likeness (QED) is 0.889. The molecule has 7 heteroatoms. The summed E-state index contributed by atoms with van der Waals surface area (Å²) in [7, 11) is 0. The number of anilines is 1. The molecule has 2 aromatic rings. The number of nitrogens with zero attached hydrogens (tertiary/aromatic N) is 3. The van der Waals surface area contributed by atoms with Crippen LogP contribution in [0.15, 0.2) is 18.3 Å². The van der Waals surface area contributed by atoms with Gasteiger partial charge in [-0.2, -0.15) is 5.10 Å². The molecule has 0 saturated carbocycles. The molecule has 0 spiro atoms. The van der Waals surface area contributed by atoms with Crippen molar-refractivity contribution in [2.75, 3.05) is 18.8 Å². The fraction of sp³-hybridized carbons (Fsp3) is 0.474. The molecule has 6 nitrogen and oxygen atoms in total. The maximum Gasteiger partial charge on any atom is 0.410 e. The van der Waals surface area contributed by atoms with Crippen LogP contribution in [0.2, 0.25) is 0 Å². The summed E-state index contributed by atoms with van der Waals surface area (Å²) in [4.78, 5) is 13.7. The average Bonchev–Trinajstić information content (AvgIpc) is 2.83. The maximum absolute atomic E-state index is 13.9. The van der Waals surface area contributed by atoms with Crippen molar-refractivity contribution >= 4 is 11.9 Å². The van der Waals surface area contributed by atoms with Crippen LogP contribution in [0.3, 0.4) is 0 Å². The zero-order valence-corrected chi connectivity index (χ0v) is 15.8. The van der Waals surface area contributed by atoms with Gasteiger partial charge in [-0.15, -0.1) is 0 Å². The molecule has 0 bridgehead atoms. The Morgan fingerprint density at radius 1 is 1.27 bits per heavy atom. The molecule has 1 fully saturated rings. The number of nitrogens with two attached hydrogens (primary N) is 1. The van der Waals surface area contributed by atoms with Crippen LogP contribution >= 0.6 is 0 Å². The van der Waals surface area contributed by atoms with Crippen molar-refractivity contribution in [2.24, 2.45) is 0 Å². The van der Waals surface area contributed by atoms with Gasteiger partial charge in [0.1, 0.15) is 17.2 Å². The van der Waals surface area contributed by atoms with Gasteiger partial charge in [-0.25, -0.2) is 13.9 Å². The van der Waals surface area contributed by atoms with Crippen LogP contribution in [0.5, 0.6) is 0 Å². The van der Waals surface area contributed by atoms with Crippen molar-refractivity contribution < 1.29 is 13.9 Å². The smallest absolute Gasteiger partial charge is 0.410 e. The normalized spacial score (nSPS) is 15.1. The van der Waals surface area contributed by atoms with Crippen LogP contribution in [-0.4, -0.2) is 39.5 Å². The zero-order chi connectivity index (χ0) is 19.2. The predicted molar refractivity (Wildman–Crippen MR) is 98.0 cm³/mol. The van der Waals surface area contributed by atoms with E-state index in [9.17, 15) is 9.18 Å². The largest absolute Gasteiger partial charge is 0.444 e. The van der Waals surface area contributed by atoms with E-state index in [4.69, 9.17) is 10.5 Å². The Morgan fingerprint density at radius 3 is 2.38 bits per heavy atom. The molecule has 140 valence electrons. The number of halogens is 1. The topological polar surface area (TPSA) is 73.4 Å². The van der Waals surface area contributed by atoms with Gasteiger partial charge < -0.3 is 15.4 Å². The number of carbonyl (C=O) groups excluding carboxylic acids is 1. The molecule has 1 amide bonds. The van der Waals surface area contributed by atoms with Gasteiger partial charge >= 0.3 is 6.09 Å².